The van der Waals surface area contributed by atoms with Crippen molar-refractivity contribution in [1.29, 1.82) is 0 Å². The molecule has 1 aliphatic heterocycles. The molecule has 0 bridgehead atoms. The van der Waals surface area contributed by atoms with Crippen molar-refractivity contribution < 1.29 is 28.6 Å². The zero-order chi connectivity index (χ0) is 31.7. The number of hydrogen-bond donors (Lipinski definition) is 1. The van der Waals surface area contributed by atoms with E-state index < -0.39 is 23.5 Å². The lowest BCUT2D eigenvalue weighted by Crippen LogP contribution is -2.31. The third-order valence-corrected chi connectivity index (χ3v) is 9.73. The number of thioether (sulfide) groups is 1. The average Bonchev–Trinajstić information content (AvgIpc) is 3.76. The number of para-hydroxylation sites is 1. The zero-order valence-electron chi connectivity index (χ0n) is 24.0. The molecule has 1 aliphatic rings. The molecule has 230 valence electrons. The van der Waals surface area contributed by atoms with E-state index in [4.69, 9.17) is 37.1 Å². The fraction of sp³-hybridized carbons (Fsp3) is 0.188. The maximum atomic E-state index is 14.0. The lowest BCUT2D eigenvalue weighted by atomic mass is 9.95. The standard InChI is InChI=1S/C32H25Cl2N3O6S2/c1-3-13-42-21-11-8-17(9-12-21)26-25(27(38)24-14-18-5-4-6-23(41-2)29(18)43-24)28(39)30(40)37(26)31-35-36-32(45-31)44-16-19-7-10-20(33)15-22(19)34/h4-12,14-15,26,39H,3,13,16H2,1-2H3. The highest BCUT2D eigenvalue weighted by molar-refractivity contribution is 8.00. The molecule has 2 aromatic heterocycles. The largest absolute Gasteiger partial charge is 0.503 e. The lowest BCUT2D eigenvalue weighted by molar-refractivity contribution is -0.117. The second-order valence-electron chi connectivity index (χ2n) is 9.95. The molecule has 1 unspecified atom stereocenters. The number of Topliss-reactive ketones (excluding diaryl/α,β-unsaturated/α-hetero) is 1. The van der Waals surface area contributed by atoms with Gasteiger partial charge in [0, 0.05) is 21.2 Å². The molecule has 9 nitrogen and oxygen atoms in total. The lowest BCUT2D eigenvalue weighted by Gasteiger charge is -2.24. The molecule has 3 heterocycles. The topological polar surface area (TPSA) is 115 Å². The molecule has 1 amide bonds. The van der Waals surface area contributed by atoms with Gasteiger partial charge in [-0.05, 0) is 53.9 Å². The highest BCUT2D eigenvalue weighted by Crippen LogP contribution is 2.45. The Bertz CT molecular complexity index is 1940. The third-order valence-electron chi connectivity index (χ3n) is 7.04. The van der Waals surface area contributed by atoms with Crippen molar-refractivity contribution >= 4 is 74.1 Å². The van der Waals surface area contributed by atoms with Gasteiger partial charge >= 0.3 is 0 Å². The Morgan fingerprint density at radius 2 is 1.91 bits per heavy atom. The van der Waals surface area contributed by atoms with Crippen LogP contribution < -0.4 is 14.4 Å². The van der Waals surface area contributed by atoms with Gasteiger partial charge in [0.2, 0.25) is 10.9 Å². The van der Waals surface area contributed by atoms with Gasteiger partial charge in [-0.25, -0.2) is 0 Å². The Hall–Kier alpha value is -4.03. The van der Waals surface area contributed by atoms with Gasteiger partial charge in [-0.3, -0.25) is 14.5 Å². The molecular weight excluding hydrogens is 657 g/mol. The molecule has 1 N–H and O–H groups in total. The van der Waals surface area contributed by atoms with Gasteiger partial charge in [-0.15, -0.1) is 10.2 Å². The summed E-state index contributed by atoms with van der Waals surface area (Å²) in [6.45, 7) is 2.55. The summed E-state index contributed by atoms with van der Waals surface area (Å²) in [7, 11) is 1.50. The molecule has 0 saturated heterocycles. The molecule has 3 aromatic carbocycles. The monoisotopic (exact) mass is 681 g/mol. The zero-order valence-corrected chi connectivity index (χ0v) is 27.1. The summed E-state index contributed by atoms with van der Waals surface area (Å²) in [6.07, 6.45) is 0.839. The first-order valence-corrected chi connectivity index (χ1v) is 16.4. The number of aliphatic hydroxyl groups is 1. The van der Waals surface area contributed by atoms with Crippen LogP contribution in [0.25, 0.3) is 11.0 Å². The van der Waals surface area contributed by atoms with E-state index in [1.54, 1.807) is 60.7 Å². The van der Waals surface area contributed by atoms with E-state index in [1.165, 1.54) is 23.8 Å². The Kier molecular flexibility index (Phi) is 9.04. The van der Waals surface area contributed by atoms with Crippen LogP contribution in [0.5, 0.6) is 11.5 Å². The second-order valence-corrected chi connectivity index (χ2v) is 13.0. The number of carbonyl (C=O) groups is 2. The van der Waals surface area contributed by atoms with Crippen molar-refractivity contribution in [3.63, 3.8) is 0 Å². The Morgan fingerprint density at radius 3 is 2.64 bits per heavy atom. The number of anilines is 1. The predicted octanol–water partition coefficient (Wildman–Crippen LogP) is 8.46. The number of benzene rings is 3. The maximum Gasteiger partial charge on any atom is 0.296 e. The number of furan rings is 1. The molecule has 0 saturated carbocycles. The fourth-order valence-corrected chi connectivity index (χ4v) is 7.32. The SMILES string of the molecule is CCCOc1ccc(C2C(C(=O)c3cc4cccc(OC)c4o3)=C(O)C(=O)N2c2nnc(SCc3ccc(Cl)cc3Cl)s2)cc1. The molecule has 5 aromatic rings. The minimum atomic E-state index is -1.02. The number of hydrogen-bond acceptors (Lipinski definition) is 10. The molecular formula is C32H25Cl2N3O6S2. The summed E-state index contributed by atoms with van der Waals surface area (Å²) in [5, 5.41) is 21.7. The summed E-state index contributed by atoms with van der Waals surface area (Å²) < 4.78 is 17.6. The minimum absolute atomic E-state index is 0.0491. The van der Waals surface area contributed by atoms with Crippen molar-refractivity contribution in [2.24, 2.45) is 0 Å². The second kappa shape index (κ2) is 13.1. The Balaban J connectivity index is 1.36. The first kappa shape index (κ1) is 31.0. The number of halogens is 2. The van der Waals surface area contributed by atoms with Crippen LogP contribution in [-0.4, -0.2) is 40.7 Å². The van der Waals surface area contributed by atoms with E-state index in [-0.39, 0.29) is 16.5 Å². The normalized spacial score (nSPS) is 14.9. The molecule has 0 aliphatic carbocycles. The molecule has 0 spiro atoms. The van der Waals surface area contributed by atoms with E-state index in [9.17, 15) is 14.7 Å². The molecule has 0 radical (unpaired) electrons. The third kappa shape index (κ3) is 6.13. The Morgan fingerprint density at radius 1 is 1.11 bits per heavy atom. The first-order valence-electron chi connectivity index (χ1n) is 13.8. The van der Waals surface area contributed by atoms with Gasteiger partial charge < -0.3 is 19.0 Å². The van der Waals surface area contributed by atoms with Crippen molar-refractivity contribution in [3.8, 4) is 11.5 Å². The number of methoxy groups -OCH3 is 1. The van der Waals surface area contributed by atoms with E-state index in [0.717, 1.165) is 23.3 Å². The number of carbonyl (C=O) groups excluding carboxylic acids is 2. The molecule has 6 rings (SSSR count). The van der Waals surface area contributed by atoms with Gasteiger partial charge in [-0.1, -0.05) is 83.6 Å². The highest BCUT2D eigenvalue weighted by Gasteiger charge is 2.47. The number of aromatic nitrogens is 2. The summed E-state index contributed by atoms with van der Waals surface area (Å²) >= 11 is 14.9. The van der Waals surface area contributed by atoms with Gasteiger partial charge in [0.05, 0.1) is 25.3 Å². The maximum absolute atomic E-state index is 14.0. The van der Waals surface area contributed by atoms with E-state index in [0.29, 0.717) is 54.8 Å². The number of nitrogens with zero attached hydrogens (tertiary/aromatic N) is 3. The molecule has 13 heteroatoms. The predicted molar refractivity (Wildman–Crippen MR) is 175 cm³/mol. The van der Waals surface area contributed by atoms with Crippen LogP contribution in [-0.2, 0) is 10.5 Å². The van der Waals surface area contributed by atoms with Crippen LogP contribution in [0, 0.1) is 0 Å². The first-order chi connectivity index (χ1) is 21.8. The van der Waals surface area contributed by atoms with Crippen LogP contribution >= 0.6 is 46.3 Å². The average molecular weight is 683 g/mol. The molecule has 0 fully saturated rings. The van der Waals surface area contributed by atoms with Gasteiger partial charge in [0.25, 0.3) is 5.91 Å². The number of ether oxygens (including phenoxy) is 2. The van der Waals surface area contributed by atoms with Crippen molar-refractivity contribution in [1.82, 2.24) is 10.2 Å². The van der Waals surface area contributed by atoms with Gasteiger partial charge in [-0.2, -0.15) is 0 Å². The summed E-state index contributed by atoms with van der Waals surface area (Å²) in [5.74, 6) is -0.590. The number of rotatable bonds is 11. The fourth-order valence-electron chi connectivity index (χ4n) is 4.89. The quantitative estimate of drug-likeness (QED) is 0.0832. The molecule has 1 atom stereocenters. The van der Waals surface area contributed by atoms with Crippen molar-refractivity contribution in [3.05, 3.63) is 105 Å². The van der Waals surface area contributed by atoms with Crippen LogP contribution in [0.3, 0.4) is 0 Å². The highest BCUT2D eigenvalue weighted by atomic mass is 35.5. The van der Waals surface area contributed by atoms with Gasteiger partial charge in [0.1, 0.15) is 5.75 Å². The van der Waals surface area contributed by atoms with Crippen LogP contribution in [0.2, 0.25) is 10.0 Å². The van der Waals surface area contributed by atoms with Crippen LogP contribution in [0.1, 0.15) is 41.1 Å². The van der Waals surface area contributed by atoms with E-state index >= 15 is 0 Å². The number of aliphatic hydroxyl groups excluding tert-OH is 1. The number of amides is 1. The Labute approximate surface area is 276 Å². The summed E-state index contributed by atoms with van der Waals surface area (Å²) in [4.78, 5) is 29.0. The number of ketones is 1. The molecule has 45 heavy (non-hydrogen) atoms. The van der Waals surface area contributed by atoms with E-state index in [2.05, 4.69) is 10.2 Å². The van der Waals surface area contributed by atoms with Crippen molar-refractivity contribution in [2.45, 2.75) is 29.5 Å². The number of fused-ring (bicyclic) bond motifs is 1. The van der Waals surface area contributed by atoms with Gasteiger partial charge in [0.15, 0.2) is 27.2 Å². The summed E-state index contributed by atoms with van der Waals surface area (Å²) in [5.41, 5.74) is 1.66. The van der Waals surface area contributed by atoms with Crippen molar-refractivity contribution in [2.75, 3.05) is 18.6 Å². The summed E-state index contributed by atoms with van der Waals surface area (Å²) in [6, 6.07) is 18.1. The smallest absolute Gasteiger partial charge is 0.296 e. The van der Waals surface area contributed by atoms with Crippen LogP contribution in [0.4, 0.5) is 5.13 Å². The minimum Gasteiger partial charge on any atom is -0.503 e. The van der Waals surface area contributed by atoms with Crippen LogP contribution in [0.15, 0.2) is 86.8 Å². The van der Waals surface area contributed by atoms with E-state index in [1.807, 2.05) is 13.0 Å².